The number of amides is 2. The van der Waals surface area contributed by atoms with Crippen LogP contribution in [0, 0.1) is 5.41 Å². The highest BCUT2D eigenvalue weighted by molar-refractivity contribution is 5.98. The van der Waals surface area contributed by atoms with Gasteiger partial charge in [-0.15, -0.1) is 0 Å². The van der Waals surface area contributed by atoms with E-state index in [2.05, 4.69) is 10.3 Å². The van der Waals surface area contributed by atoms with Gasteiger partial charge in [0.15, 0.2) is 0 Å². The molecule has 0 bridgehead atoms. The van der Waals surface area contributed by atoms with E-state index in [0.717, 1.165) is 10.9 Å². The summed E-state index contributed by atoms with van der Waals surface area (Å²) in [6.45, 7) is 3.54. The second kappa shape index (κ2) is 4.88. The lowest BCUT2D eigenvalue weighted by Crippen LogP contribution is -2.42. The zero-order valence-electron chi connectivity index (χ0n) is 11.5. The summed E-state index contributed by atoms with van der Waals surface area (Å²) >= 11 is 0. The molecule has 0 fully saturated rings. The molecule has 1 aromatic heterocycles. The minimum Gasteiger partial charge on any atom is -0.399 e. The van der Waals surface area contributed by atoms with E-state index in [1.165, 1.54) is 0 Å². The van der Waals surface area contributed by atoms with Crippen LogP contribution in [0.1, 0.15) is 24.3 Å². The minimum atomic E-state index is -0.786. The molecule has 20 heavy (non-hydrogen) atoms. The average Bonchev–Trinajstić information content (AvgIpc) is 2.78. The SMILES string of the molecule is CC(C)(CNC(=O)c1cc2cc(N)ccc2[nH]1)C(N)=O. The van der Waals surface area contributed by atoms with Crippen molar-refractivity contribution in [1.29, 1.82) is 0 Å². The fourth-order valence-corrected chi connectivity index (χ4v) is 1.76. The first-order valence-electron chi connectivity index (χ1n) is 6.26. The lowest BCUT2D eigenvalue weighted by molar-refractivity contribution is -0.125. The van der Waals surface area contributed by atoms with E-state index in [-0.39, 0.29) is 12.5 Å². The van der Waals surface area contributed by atoms with E-state index in [1.807, 2.05) is 6.07 Å². The van der Waals surface area contributed by atoms with Crippen LogP contribution in [0.4, 0.5) is 5.69 Å². The van der Waals surface area contributed by atoms with Crippen molar-refractivity contribution in [1.82, 2.24) is 10.3 Å². The molecule has 1 heterocycles. The lowest BCUT2D eigenvalue weighted by atomic mass is 9.93. The average molecular weight is 274 g/mol. The molecule has 2 amide bonds. The van der Waals surface area contributed by atoms with Gasteiger partial charge in [-0.05, 0) is 38.1 Å². The Kier molecular flexibility index (Phi) is 3.40. The highest BCUT2D eigenvalue weighted by atomic mass is 16.2. The number of hydrogen-bond donors (Lipinski definition) is 4. The largest absolute Gasteiger partial charge is 0.399 e. The van der Waals surface area contributed by atoms with Crippen molar-refractivity contribution in [3.63, 3.8) is 0 Å². The fraction of sp³-hybridized carbons (Fsp3) is 0.286. The highest BCUT2D eigenvalue weighted by Gasteiger charge is 2.25. The van der Waals surface area contributed by atoms with Gasteiger partial charge in [-0.1, -0.05) is 0 Å². The van der Waals surface area contributed by atoms with E-state index >= 15 is 0 Å². The molecule has 1 aromatic carbocycles. The lowest BCUT2D eigenvalue weighted by Gasteiger charge is -2.20. The Labute approximate surface area is 116 Å². The summed E-state index contributed by atoms with van der Waals surface area (Å²) in [6.07, 6.45) is 0. The molecule has 6 N–H and O–H groups in total. The van der Waals surface area contributed by atoms with Gasteiger partial charge in [0.05, 0.1) is 5.41 Å². The maximum atomic E-state index is 12.0. The Balaban J connectivity index is 2.14. The van der Waals surface area contributed by atoms with Crippen molar-refractivity contribution in [3.05, 3.63) is 30.0 Å². The number of hydrogen-bond acceptors (Lipinski definition) is 3. The summed E-state index contributed by atoms with van der Waals surface area (Å²) in [5, 5.41) is 3.56. The van der Waals surface area contributed by atoms with Gasteiger partial charge >= 0.3 is 0 Å². The third-order valence-electron chi connectivity index (χ3n) is 3.25. The standard InChI is InChI=1S/C14H18N4O2/c1-14(2,13(16)20)7-17-12(19)11-6-8-5-9(15)3-4-10(8)18-11/h3-6,18H,7,15H2,1-2H3,(H2,16,20)(H,17,19). The number of H-pyrrole nitrogens is 1. The quantitative estimate of drug-likeness (QED) is 0.623. The molecular weight excluding hydrogens is 256 g/mol. The van der Waals surface area contributed by atoms with E-state index in [0.29, 0.717) is 11.4 Å². The van der Waals surface area contributed by atoms with Crippen molar-refractivity contribution in [2.45, 2.75) is 13.8 Å². The van der Waals surface area contributed by atoms with Crippen LogP contribution in [0.5, 0.6) is 0 Å². The van der Waals surface area contributed by atoms with Gasteiger partial charge in [-0.2, -0.15) is 0 Å². The number of carbonyl (C=O) groups is 2. The van der Waals surface area contributed by atoms with E-state index in [9.17, 15) is 9.59 Å². The van der Waals surface area contributed by atoms with Crippen LogP contribution in [0.25, 0.3) is 10.9 Å². The number of anilines is 1. The van der Waals surface area contributed by atoms with Crippen LogP contribution in [-0.4, -0.2) is 23.3 Å². The topological polar surface area (TPSA) is 114 Å². The van der Waals surface area contributed by atoms with Gasteiger partial charge in [-0.25, -0.2) is 0 Å². The number of nitrogens with two attached hydrogens (primary N) is 2. The summed E-state index contributed by atoms with van der Waals surface area (Å²) in [7, 11) is 0. The van der Waals surface area contributed by atoms with E-state index < -0.39 is 11.3 Å². The molecule has 6 nitrogen and oxygen atoms in total. The van der Waals surface area contributed by atoms with Crippen molar-refractivity contribution in [2.75, 3.05) is 12.3 Å². The molecule has 0 aliphatic carbocycles. The fourth-order valence-electron chi connectivity index (χ4n) is 1.76. The maximum absolute atomic E-state index is 12.0. The Morgan fingerprint density at radius 1 is 1.30 bits per heavy atom. The summed E-state index contributed by atoms with van der Waals surface area (Å²) in [5.41, 5.74) is 12.1. The van der Waals surface area contributed by atoms with Gasteiger partial charge in [0.2, 0.25) is 5.91 Å². The van der Waals surface area contributed by atoms with Gasteiger partial charge in [0, 0.05) is 23.1 Å². The van der Waals surface area contributed by atoms with Crippen LogP contribution >= 0.6 is 0 Å². The summed E-state index contributed by atoms with van der Waals surface area (Å²) < 4.78 is 0. The van der Waals surface area contributed by atoms with Crippen LogP contribution < -0.4 is 16.8 Å². The summed E-state index contributed by atoms with van der Waals surface area (Å²) in [4.78, 5) is 26.2. The maximum Gasteiger partial charge on any atom is 0.267 e. The van der Waals surface area contributed by atoms with Gasteiger partial charge in [0.25, 0.3) is 5.91 Å². The molecule has 2 aromatic rings. The van der Waals surface area contributed by atoms with Gasteiger partial charge < -0.3 is 21.8 Å². The normalized spacial score (nSPS) is 11.5. The summed E-state index contributed by atoms with van der Waals surface area (Å²) in [5.74, 6) is -0.740. The molecule has 0 atom stereocenters. The van der Waals surface area contributed by atoms with Crippen LogP contribution in [0.15, 0.2) is 24.3 Å². The number of nitrogens with one attached hydrogen (secondary N) is 2. The molecular formula is C14H18N4O2. The van der Waals surface area contributed by atoms with Crippen LogP contribution in [0.3, 0.4) is 0 Å². The predicted octanol–water partition coefficient (Wildman–Crippen LogP) is 0.991. The van der Waals surface area contributed by atoms with Crippen molar-refractivity contribution in [2.24, 2.45) is 11.1 Å². The Bertz CT molecular complexity index is 673. The molecule has 106 valence electrons. The molecule has 6 heteroatoms. The van der Waals surface area contributed by atoms with E-state index in [4.69, 9.17) is 11.5 Å². The van der Waals surface area contributed by atoms with E-state index in [1.54, 1.807) is 32.0 Å². The first-order valence-corrected chi connectivity index (χ1v) is 6.26. The second-order valence-corrected chi connectivity index (χ2v) is 5.46. The molecule has 0 aliphatic rings. The monoisotopic (exact) mass is 274 g/mol. The zero-order chi connectivity index (χ0) is 14.9. The first kappa shape index (κ1) is 13.9. The van der Waals surface area contributed by atoms with Crippen molar-refractivity contribution >= 4 is 28.4 Å². The van der Waals surface area contributed by atoms with Crippen LogP contribution in [-0.2, 0) is 4.79 Å². The third-order valence-corrected chi connectivity index (χ3v) is 3.25. The molecule has 2 rings (SSSR count). The second-order valence-electron chi connectivity index (χ2n) is 5.46. The molecule has 0 spiro atoms. The Morgan fingerprint density at radius 3 is 2.65 bits per heavy atom. The number of carbonyl (C=O) groups excluding carboxylic acids is 2. The molecule has 0 aliphatic heterocycles. The number of rotatable bonds is 4. The number of primary amides is 1. The van der Waals surface area contributed by atoms with Crippen LogP contribution in [0.2, 0.25) is 0 Å². The zero-order valence-corrected chi connectivity index (χ0v) is 11.5. The number of aromatic amines is 1. The van der Waals surface area contributed by atoms with Crippen molar-refractivity contribution < 1.29 is 9.59 Å². The minimum absolute atomic E-state index is 0.179. The summed E-state index contributed by atoms with van der Waals surface area (Å²) in [6, 6.07) is 7.08. The molecule has 0 saturated heterocycles. The number of benzene rings is 1. The Hall–Kier alpha value is -2.50. The predicted molar refractivity (Wildman–Crippen MR) is 78.0 cm³/mol. The number of nitrogen functional groups attached to an aromatic ring is 1. The third kappa shape index (κ3) is 2.74. The Morgan fingerprint density at radius 2 is 2.00 bits per heavy atom. The van der Waals surface area contributed by atoms with Gasteiger partial charge in [-0.3, -0.25) is 9.59 Å². The van der Waals surface area contributed by atoms with Crippen molar-refractivity contribution in [3.8, 4) is 0 Å². The molecule has 0 saturated carbocycles. The number of fused-ring (bicyclic) bond motifs is 1. The first-order chi connectivity index (χ1) is 9.29. The number of aromatic nitrogens is 1. The highest BCUT2D eigenvalue weighted by Crippen LogP contribution is 2.18. The van der Waals surface area contributed by atoms with Gasteiger partial charge in [0.1, 0.15) is 5.69 Å². The smallest absolute Gasteiger partial charge is 0.267 e. The molecule has 0 radical (unpaired) electrons. The molecule has 0 unspecified atom stereocenters.